The summed E-state index contributed by atoms with van der Waals surface area (Å²) in [5, 5.41) is 0. The first-order valence-electron chi connectivity index (χ1n) is 1.85. The Labute approximate surface area is 87.7 Å². The fourth-order valence-corrected chi connectivity index (χ4v) is 0.313. The molecule has 4 heteroatoms. The highest BCUT2D eigenvalue weighted by atomic mass is 79.9. The second kappa shape index (κ2) is 11.4. The second-order valence-corrected chi connectivity index (χ2v) is 1.02. The van der Waals surface area contributed by atoms with E-state index in [2.05, 4.69) is 4.98 Å². The molecule has 1 aromatic heterocycles. The van der Waals surface area contributed by atoms with Gasteiger partial charge in [0.05, 0.1) is 0 Å². The monoisotopic (exact) mass is 320 g/mol. The summed E-state index contributed by atoms with van der Waals surface area (Å²) in [7, 11) is 0. The second-order valence-electron chi connectivity index (χ2n) is 1.02. The van der Waals surface area contributed by atoms with Crippen molar-refractivity contribution in [1.82, 2.24) is 4.98 Å². The molecule has 0 unspecified atom stereocenters. The lowest BCUT2D eigenvalue weighted by Crippen LogP contribution is -1.58. The van der Waals surface area contributed by atoms with Crippen LogP contribution in [0.1, 0.15) is 1.43 Å². The molecule has 1 heterocycles. The van der Waals surface area contributed by atoms with E-state index in [1.165, 1.54) is 0 Å². The Morgan fingerprint density at radius 2 is 1.22 bits per heavy atom. The summed E-state index contributed by atoms with van der Waals surface area (Å²) in [5.41, 5.74) is 0. The molecule has 0 fully saturated rings. The van der Waals surface area contributed by atoms with Gasteiger partial charge in [-0.05, 0) is 12.1 Å². The van der Waals surface area contributed by atoms with E-state index in [4.69, 9.17) is 0 Å². The quantitative estimate of drug-likeness (QED) is 0.715. The Morgan fingerprint density at radius 3 is 1.33 bits per heavy atom. The fourth-order valence-electron chi connectivity index (χ4n) is 0.313. The summed E-state index contributed by atoms with van der Waals surface area (Å²) in [6.45, 7) is 0. The molecule has 0 aliphatic heterocycles. The lowest BCUT2D eigenvalue weighted by molar-refractivity contribution is 1.33. The van der Waals surface area contributed by atoms with Crippen LogP contribution in [0.4, 0.5) is 0 Å². The van der Waals surface area contributed by atoms with Gasteiger partial charge in [0.25, 0.3) is 0 Å². The standard InChI is InChI=1S/C5H5N.3BrH/c1-2-4-6-5-3-1;;;/h1-5H;3*1H/p+1. The van der Waals surface area contributed by atoms with Crippen LogP contribution in [-0.2, 0) is 0 Å². The maximum absolute atomic E-state index is 3.78. The van der Waals surface area contributed by atoms with Gasteiger partial charge in [-0.1, -0.05) is 6.07 Å². The first-order valence-corrected chi connectivity index (χ1v) is 1.85. The summed E-state index contributed by atoms with van der Waals surface area (Å²) in [6.07, 6.45) is 3.50. The molecule has 54 valence electrons. The molecule has 0 radical (unpaired) electrons. The molecule has 0 bridgehead atoms. The number of hydrogen-bond donors (Lipinski definition) is 0. The van der Waals surface area contributed by atoms with Crippen molar-refractivity contribution in [2.75, 3.05) is 0 Å². The van der Waals surface area contributed by atoms with Gasteiger partial charge in [-0.2, -0.15) is 0 Å². The van der Waals surface area contributed by atoms with Crippen LogP contribution in [0.15, 0.2) is 30.6 Å². The topological polar surface area (TPSA) is 12.9 Å². The molecule has 0 aliphatic carbocycles. The Kier molecular flexibility index (Phi) is 20.6. The highest BCUT2D eigenvalue weighted by Crippen LogP contribution is 1.73. The Hall–Kier alpha value is 0.590. The van der Waals surface area contributed by atoms with Gasteiger partial charge in [0.2, 0.25) is 0 Å². The van der Waals surface area contributed by atoms with Crippen LogP contribution >= 0.6 is 50.9 Å². The van der Waals surface area contributed by atoms with E-state index in [0.29, 0.717) is 0 Å². The third-order valence-electron chi connectivity index (χ3n) is 0.566. The minimum Gasteiger partial charge on any atom is -0.265 e. The summed E-state index contributed by atoms with van der Waals surface area (Å²) in [6, 6.07) is 5.72. The van der Waals surface area contributed by atoms with Gasteiger partial charge in [0.15, 0.2) is 0 Å². The Bertz CT molecular complexity index is 88.8. The van der Waals surface area contributed by atoms with Crippen molar-refractivity contribution in [2.45, 2.75) is 0 Å². The predicted molar refractivity (Wildman–Crippen MR) is 56.3 cm³/mol. The molecule has 0 N–H and O–H groups in total. The molecule has 0 aromatic carbocycles. The van der Waals surface area contributed by atoms with Crippen LogP contribution in [-0.4, -0.2) is 4.98 Å². The average Bonchev–Trinajstić information content (AvgIpc) is 1.72. The lowest BCUT2D eigenvalue weighted by atomic mass is 10.5. The third kappa shape index (κ3) is 8.59. The van der Waals surface area contributed by atoms with E-state index in [1.54, 1.807) is 12.4 Å². The predicted octanol–water partition coefficient (Wildman–Crippen LogP) is 2.93. The molecule has 0 saturated heterocycles. The molecule has 0 aliphatic rings. The maximum Gasteiger partial charge on any atom is 1.00 e. The molecule has 1 rings (SSSR count). The van der Waals surface area contributed by atoms with Crippen molar-refractivity contribution in [3.8, 4) is 0 Å². The van der Waals surface area contributed by atoms with Gasteiger partial charge in [0, 0.05) is 12.4 Å². The van der Waals surface area contributed by atoms with E-state index in [-0.39, 0.29) is 52.4 Å². The van der Waals surface area contributed by atoms with Crippen LogP contribution in [0, 0.1) is 0 Å². The van der Waals surface area contributed by atoms with Crippen molar-refractivity contribution in [2.24, 2.45) is 0 Å². The first-order chi connectivity index (χ1) is 3.00. The van der Waals surface area contributed by atoms with Crippen molar-refractivity contribution in [3.05, 3.63) is 30.6 Å². The zero-order valence-corrected chi connectivity index (χ0v) is 9.70. The summed E-state index contributed by atoms with van der Waals surface area (Å²) in [5.74, 6) is 0. The van der Waals surface area contributed by atoms with Crippen LogP contribution in [0.5, 0.6) is 0 Å². The van der Waals surface area contributed by atoms with E-state index in [1.807, 2.05) is 18.2 Å². The van der Waals surface area contributed by atoms with E-state index < -0.39 is 0 Å². The molecule has 0 saturated carbocycles. The lowest BCUT2D eigenvalue weighted by Gasteiger charge is -1.70. The molecule has 0 amide bonds. The SMILES string of the molecule is Br.Br.Br.[H+].c1ccncc1. The fraction of sp³-hybridized carbons (Fsp3) is 0. The largest absolute Gasteiger partial charge is 1.00 e. The van der Waals surface area contributed by atoms with Crippen molar-refractivity contribution in [3.63, 3.8) is 0 Å². The van der Waals surface area contributed by atoms with Crippen molar-refractivity contribution >= 4 is 50.9 Å². The van der Waals surface area contributed by atoms with Crippen LogP contribution < -0.4 is 0 Å². The van der Waals surface area contributed by atoms with Crippen LogP contribution in [0.3, 0.4) is 0 Å². The first kappa shape index (κ1) is 16.3. The smallest absolute Gasteiger partial charge is 0.265 e. The number of nitrogens with zero attached hydrogens (tertiary/aromatic N) is 1. The van der Waals surface area contributed by atoms with Crippen LogP contribution in [0.2, 0.25) is 0 Å². The van der Waals surface area contributed by atoms with Gasteiger partial charge in [-0.25, -0.2) is 0 Å². The molecular weight excluding hydrogens is 314 g/mol. The van der Waals surface area contributed by atoms with Gasteiger partial charge in [-0.15, -0.1) is 50.9 Å². The Morgan fingerprint density at radius 1 is 0.778 bits per heavy atom. The number of hydrogen-bond acceptors (Lipinski definition) is 1. The Balaban J connectivity index is -0.0000000450. The minimum absolute atomic E-state index is 0. The summed E-state index contributed by atoms with van der Waals surface area (Å²) < 4.78 is 0. The molecular formula is C5H9Br3N+. The number of aromatic nitrogens is 1. The zero-order chi connectivity index (χ0) is 4.24. The number of rotatable bonds is 0. The van der Waals surface area contributed by atoms with Gasteiger partial charge in [-0.3, -0.25) is 4.98 Å². The molecule has 9 heavy (non-hydrogen) atoms. The molecule has 0 spiro atoms. The number of pyridine rings is 1. The van der Waals surface area contributed by atoms with Gasteiger partial charge in [0.1, 0.15) is 0 Å². The number of halogens is 3. The summed E-state index contributed by atoms with van der Waals surface area (Å²) in [4.78, 5) is 3.78. The van der Waals surface area contributed by atoms with Gasteiger partial charge >= 0.3 is 1.43 Å². The average molecular weight is 323 g/mol. The minimum atomic E-state index is 0. The maximum atomic E-state index is 3.78. The molecule has 1 aromatic rings. The van der Waals surface area contributed by atoms with E-state index >= 15 is 0 Å². The van der Waals surface area contributed by atoms with E-state index in [0.717, 1.165) is 0 Å². The van der Waals surface area contributed by atoms with Crippen molar-refractivity contribution in [1.29, 1.82) is 0 Å². The van der Waals surface area contributed by atoms with E-state index in [9.17, 15) is 0 Å². The normalized spacial score (nSPS) is 5.33. The molecule has 0 atom stereocenters. The third-order valence-corrected chi connectivity index (χ3v) is 0.566. The van der Waals surface area contributed by atoms with Gasteiger partial charge < -0.3 is 0 Å². The molecule has 1 nitrogen and oxygen atoms in total. The van der Waals surface area contributed by atoms with Crippen LogP contribution in [0.25, 0.3) is 0 Å². The summed E-state index contributed by atoms with van der Waals surface area (Å²) >= 11 is 0. The highest BCUT2D eigenvalue weighted by Gasteiger charge is 1.58. The highest BCUT2D eigenvalue weighted by molar-refractivity contribution is 8.93. The van der Waals surface area contributed by atoms with Crippen molar-refractivity contribution < 1.29 is 1.43 Å². The zero-order valence-electron chi connectivity index (χ0n) is 5.56.